The number of nitrogens with one attached hydrogen (secondary N) is 1. The molecule has 0 bridgehead atoms. The number of aromatic nitrogens is 2. The van der Waals surface area contributed by atoms with Gasteiger partial charge in [-0.05, 0) is 77.4 Å². The maximum absolute atomic E-state index is 13.5. The summed E-state index contributed by atoms with van der Waals surface area (Å²) in [5.74, 6) is 0.643. The Balaban J connectivity index is 1.12. The molecule has 2 aromatic rings. The van der Waals surface area contributed by atoms with E-state index in [2.05, 4.69) is 51.4 Å². The Hall–Kier alpha value is -2.60. The first-order chi connectivity index (χ1) is 20.1. The van der Waals surface area contributed by atoms with Crippen molar-refractivity contribution in [3.63, 3.8) is 0 Å². The van der Waals surface area contributed by atoms with Gasteiger partial charge in [-0.1, -0.05) is 29.8 Å². The monoisotopic (exact) mass is 598 g/mol. The van der Waals surface area contributed by atoms with Gasteiger partial charge in [-0.25, -0.2) is 22.7 Å². The minimum absolute atomic E-state index is 0.0432. The summed E-state index contributed by atoms with van der Waals surface area (Å²) in [5.41, 5.74) is 3.71. The highest BCUT2D eigenvalue weighted by atomic mass is 32.2. The standard InChI is InChI=1S/C31H46N6O4S/c1-22-7-5-8-24(19-22)28-10-6-9-27(41-28)20-32-30-23(2)29(33-21-34-30)31(38)37-17-13-26(14-18-37)36-15-11-25(12-16-36)35(3)42(4,39)40/h5,7-8,19,21,25-28H,6,9-18,20H2,1-4H3,(H,32,33,34)/t27-,28+/m1/s1. The highest BCUT2D eigenvalue weighted by Gasteiger charge is 2.33. The fourth-order valence-electron chi connectivity index (χ4n) is 6.69. The first-order valence-electron chi connectivity index (χ1n) is 15.3. The molecule has 1 N–H and O–H groups in total. The van der Waals surface area contributed by atoms with Crippen LogP contribution >= 0.6 is 0 Å². The normalized spacial score (nSPS) is 23.3. The number of sulfonamides is 1. The van der Waals surface area contributed by atoms with Gasteiger partial charge in [-0.3, -0.25) is 4.79 Å². The first-order valence-corrected chi connectivity index (χ1v) is 17.2. The van der Waals surface area contributed by atoms with Gasteiger partial charge in [-0.2, -0.15) is 0 Å². The molecular weight excluding hydrogens is 552 g/mol. The predicted octanol–water partition coefficient (Wildman–Crippen LogP) is 3.78. The topological polar surface area (TPSA) is 108 Å². The van der Waals surface area contributed by atoms with E-state index < -0.39 is 10.0 Å². The molecule has 10 nitrogen and oxygen atoms in total. The van der Waals surface area contributed by atoms with Crippen LogP contribution < -0.4 is 5.32 Å². The maximum atomic E-state index is 13.5. The molecular formula is C31H46N6O4S. The number of carbonyl (C=O) groups is 1. The van der Waals surface area contributed by atoms with Gasteiger partial charge in [-0.15, -0.1) is 0 Å². The number of aryl methyl sites for hydroxylation is 1. The molecule has 3 aliphatic rings. The van der Waals surface area contributed by atoms with Gasteiger partial charge >= 0.3 is 0 Å². The van der Waals surface area contributed by atoms with Crippen LogP contribution in [0.1, 0.15) is 78.2 Å². The predicted molar refractivity (Wildman–Crippen MR) is 164 cm³/mol. The number of anilines is 1. The molecule has 230 valence electrons. The van der Waals surface area contributed by atoms with Crippen molar-refractivity contribution in [3.05, 3.63) is 53.0 Å². The summed E-state index contributed by atoms with van der Waals surface area (Å²) in [7, 11) is -1.49. The molecule has 1 amide bonds. The number of likely N-dealkylation sites (tertiary alicyclic amines) is 2. The molecule has 0 radical (unpaired) electrons. The number of amides is 1. The molecule has 0 unspecified atom stereocenters. The average molecular weight is 599 g/mol. The molecule has 1 aromatic carbocycles. The van der Waals surface area contributed by atoms with E-state index in [1.165, 1.54) is 28.0 Å². The van der Waals surface area contributed by atoms with Crippen LogP contribution in [0.2, 0.25) is 0 Å². The highest BCUT2D eigenvalue weighted by molar-refractivity contribution is 7.88. The van der Waals surface area contributed by atoms with E-state index in [0.29, 0.717) is 37.2 Å². The van der Waals surface area contributed by atoms with Gasteiger partial charge in [0.2, 0.25) is 10.0 Å². The number of hydrogen-bond acceptors (Lipinski definition) is 8. The summed E-state index contributed by atoms with van der Waals surface area (Å²) in [6.07, 6.45) is 9.58. The van der Waals surface area contributed by atoms with Crippen molar-refractivity contribution in [2.24, 2.45) is 0 Å². The fourth-order valence-corrected chi connectivity index (χ4v) is 7.44. The molecule has 11 heteroatoms. The zero-order valence-corrected chi connectivity index (χ0v) is 26.3. The van der Waals surface area contributed by atoms with Crippen molar-refractivity contribution >= 4 is 21.7 Å². The van der Waals surface area contributed by atoms with Crippen molar-refractivity contribution in [1.82, 2.24) is 24.1 Å². The van der Waals surface area contributed by atoms with Gasteiger partial charge in [0.05, 0.1) is 18.5 Å². The Morgan fingerprint density at radius 1 is 1.05 bits per heavy atom. The molecule has 5 rings (SSSR count). The number of piperidine rings is 2. The molecule has 0 spiro atoms. The molecule has 3 aliphatic heterocycles. The van der Waals surface area contributed by atoms with E-state index in [9.17, 15) is 13.2 Å². The Kier molecular flexibility index (Phi) is 9.81. The van der Waals surface area contributed by atoms with Crippen LogP contribution in [0.5, 0.6) is 0 Å². The summed E-state index contributed by atoms with van der Waals surface area (Å²) < 4.78 is 31.8. The van der Waals surface area contributed by atoms with E-state index in [-0.39, 0.29) is 24.2 Å². The Morgan fingerprint density at radius 2 is 1.79 bits per heavy atom. The number of hydrogen-bond donors (Lipinski definition) is 1. The maximum Gasteiger partial charge on any atom is 0.272 e. The van der Waals surface area contributed by atoms with Crippen molar-refractivity contribution < 1.29 is 17.9 Å². The Bertz CT molecular complexity index is 1340. The Morgan fingerprint density at radius 3 is 2.48 bits per heavy atom. The van der Waals surface area contributed by atoms with Gasteiger partial charge in [0.1, 0.15) is 17.8 Å². The van der Waals surface area contributed by atoms with Gasteiger partial charge in [0.15, 0.2) is 0 Å². The minimum Gasteiger partial charge on any atom is -0.368 e. The summed E-state index contributed by atoms with van der Waals surface area (Å²) in [6.45, 7) is 7.81. The van der Waals surface area contributed by atoms with E-state index in [0.717, 1.165) is 63.6 Å². The summed E-state index contributed by atoms with van der Waals surface area (Å²) >= 11 is 0. The van der Waals surface area contributed by atoms with Crippen LogP contribution in [0, 0.1) is 13.8 Å². The number of benzene rings is 1. The Labute approximate surface area is 250 Å². The lowest BCUT2D eigenvalue weighted by Gasteiger charge is -2.43. The highest BCUT2D eigenvalue weighted by Crippen LogP contribution is 2.32. The lowest BCUT2D eigenvalue weighted by molar-refractivity contribution is -0.0442. The van der Waals surface area contributed by atoms with E-state index >= 15 is 0 Å². The molecule has 0 aliphatic carbocycles. The van der Waals surface area contributed by atoms with Crippen LogP contribution in [0.3, 0.4) is 0 Å². The molecule has 1 aromatic heterocycles. The van der Waals surface area contributed by atoms with E-state index in [1.807, 2.05) is 11.8 Å². The molecule has 3 saturated heterocycles. The molecule has 2 atom stereocenters. The van der Waals surface area contributed by atoms with Crippen LogP contribution in [0.25, 0.3) is 0 Å². The number of ether oxygens (including phenoxy) is 1. The lowest BCUT2D eigenvalue weighted by atomic mass is 9.97. The van der Waals surface area contributed by atoms with Crippen molar-refractivity contribution in [1.29, 1.82) is 0 Å². The lowest BCUT2D eigenvalue weighted by Crippen LogP contribution is -2.52. The van der Waals surface area contributed by atoms with Crippen LogP contribution in [-0.2, 0) is 14.8 Å². The van der Waals surface area contributed by atoms with Gasteiger partial charge < -0.3 is 19.9 Å². The average Bonchev–Trinajstić information content (AvgIpc) is 3.00. The van der Waals surface area contributed by atoms with Crippen LogP contribution in [-0.4, -0.2) is 103 Å². The third-order valence-electron chi connectivity index (χ3n) is 9.35. The summed E-state index contributed by atoms with van der Waals surface area (Å²) in [4.78, 5) is 26.7. The van der Waals surface area contributed by atoms with Crippen LogP contribution in [0.15, 0.2) is 30.6 Å². The molecule has 4 heterocycles. The molecule has 0 saturated carbocycles. The van der Waals surface area contributed by atoms with Crippen molar-refractivity contribution in [3.8, 4) is 0 Å². The zero-order chi connectivity index (χ0) is 29.9. The van der Waals surface area contributed by atoms with E-state index in [4.69, 9.17) is 4.74 Å². The van der Waals surface area contributed by atoms with Crippen molar-refractivity contribution in [2.45, 2.75) is 83.1 Å². The third-order valence-corrected chi connectivity index (χ3v) is 10.7. The minimum atomic E-state index is -3.17. The zero-order valence-electron chi connectivity index (χ0n) is 25.5. The number of carbonyl (C=O) groups excluding carboxylic acids is 1. The number of rotatable bonds is 8. The number of nitrogens with zero attached hydrogens (tertiary/aromatic N) is 5. The summed E-state index contributed by atoms with van der Waals surface area (Å²) in [5, 5.41) is 3.44. The molecule has 42 heavy (non-hydrogen) atoms. The molecule has 3 fully saturated rings. The quantitative estimate of drug-likeness (QED) is 0.489. The first kappa shape index (κ1) is 30.8. The third kappa shape index (κ3) is 7.30. The summed E-state index contributed by atoms with van der Waals surface area (Å²) in [6, 6.07) is 9.04. The van der Waals surface area contributed by atoms with Crippen molar-refractivity contribution in [2.75, 3.05) is 51.3 Å². The largest absolute Gasteiger partial charge is 0.368 e. The SMILES string of the molecule is Cc1cccc([C@@H]2CCC[C@H](CNc3ncnc(C(=O)N4CCC(N5CCC(N(C)S(C)(=O)=O)CC5)CC4)c3C)O2)c1. The fraction of sp³-hybridized carbons (Fsp3) is 0.645. The second-order valence-electron chi connectivity index (χ2n) is 12.2. The van der Waals surface area contributed by atoms with E-state index in [1.54, 1.807) is 7.05 Å². The van der Waals surface area contributed by atoms with Crippen LogP contribution in [0.4, 0.5) is 5.82 Å². The van der Waals surface area contributed by atoms with Gasteiger partial charge in [0.25, 0.3) is 5.91 Å². The second-order valence-corrected chi connectivity index (χ2v) is 14.3. The van der Waals surface area contributed by atoms with Gasteiger partial charge in [0, 0.05) is 44.3 Å². The second kappa shape index (κ2) is 13.4. The smallest absolute Gasteiger partial charge is 0.272 e.